The molecule has 2 aromatic rings. The van der Waals surface area contributed by atoms with Gasteiger partial charge in [-0.05, 0) is 43.3 Å². The van der Waals surface area contributed by atoms with E-state index in [1.165, 1.54) is 25.3 Å². The van der Waals surface area contributed by atoms with Crippen LogP contribution < -0.4 is 4.90 Å². The molecular weight excluding hydrogens is 231 g/mol. The summed E-state index contributed by atoms with van der Waals surface area (Å²) in [5.74, 6) is 0.414. The van der Waals surface area contributed by atoms with Gasteiger partial charge in [-0.3, -0.25) is 4.79 Å². The minimum absolute atomic E-state index is 0.0153. The van der Waals surface area contributed by atoms with Crippen molar-refractivity contribution in [2.75, 3.05) is 11.9 Å². The van der Waals surface area contributed by atoms with Crippen LogP contribution >= 0.6 is 0 Å². The number of carbonyl (C=O) groups is 1. The summed E-state index contributed by atoms with van der Waals surface area (Å²) >= 11 is 0. The number of halogens is 1. The van der Waals surface area contributed by atoms with Gasteiger partial charge >= 0.3 is 0 Å². The topological polar surface area (TPSA) is 33.2 Å². The number of hydrogen-bond acceptors (Lipinski definition) is 3. The summed E-state index contributed by atoms with van der Waals surface area (Å²) in [5, 5.41) is 0. The molecule has 0 unspecified atom stereocenters. The van der Waals surface area contributed by atoms with E-state index in [1.807, 2.05) is 11.9 Å². The average Bonchev–Trinajstić information content (AvgIpc) is 2.39. The third kappa shape index (κ3) is 2.53. The molecule has 0 atom stereocenters. The molecule has 0 bridgehead atoms. The smallest absolute Gasteiger partial charge is 0.161 e. The van der Waals surface area contributed by atoms with Crippen molar-refractivity contribution in [1.82, 2.24) is 4.98 Å². The van der Waals surface area contributed by atoms with Crippen LogP contribution in [0.15, 0.2) is 42.6 Å². The van der Waals surface area contributed by atoms with Crippen molar-refractivity contribution in [2.45, 2.75) is 6.92 Å². The number of anilines is 2. The minimum atomic E-state index is -0.271. The Morgan fingerprint density at radius 2 is 1.83 bits per heavy atom. The van der Waals surface area contributed by atoms with Crippen LogP contribution in [-0.2, 0) is 0 Å². The molecule has 1 aromatic carbocycles. The normalized spacial score (nSPS) is 10.2. The maximum atomic E-state index is 12.8. The van der Waals surface area contributed by atoms with Crippen molar-refractivity contribution < 1.29 is 9.18 Å². The highest BCUT2D eigenvalue weighted by Gasteiger charge is 2.06. The van der Waals surface area contributed by atoms with Gasteiger partial charge in [0.05, 0.1) is 0 Å². The second-order valence-corrected chi connectivity index (χ2v) is 4.00. The number of Topliss-reactive ketones (excluding diaryl/α,β-unsaturated/α-hetero) is 1. The molecule has 3 nitrogen and oxygen atoms in total. The first-order valence-electron chi connectivity index (χ1n) is 5.54. The fourth-order valence-corrected chi connectivity index (χ4v) is 1.59. The quantitative estimate of drug-likeness (QED) is 0.777. The van der Waals surface area contributed by atoms with Gasteiger partial charge in [-0.1, -0.05) is 0 Å². The second kappa shape index (κ2) is 4.96. The molecule has 0 saturated heterocycles. The van der Waals surface area contributed by atoms with Crippen molar-refractivity contribution in [2.24, 2.45) is 0 Å². The van der Waals surface area contributed by atoms with Gasteiger partial charge in [-0.2, -0.15) is 0 Å². The lowest BCUT2D eigenvalue weighted by atomic mass is 10.2. The van der Waals surface area contributed by atoms with E-state index in [0.29, 0.717) is 11.4 Å². The first-order chi connectivity index (χ1) is 8.58. The van der Waals surface area contributed by atoms with Crippen LogP contribution in [-0.4, -0.2) is 17.8 Å². The highest BCUT2D eigenvalue weighted by Crippen LogP contribution is 2.21. The van der Waals surface area contributed by atoms with Crippen LogP contribution in [0.25, 0.3) is 0 Å². The highest BCUT2D eigenvalue weighted by atomic mass is 19.1. The first kappa shape index (κ1) is 12.2. The lowest BCUT2D eigenvalue weighted by Crippen LogP contribution is -2.11. The molecule has 1 aromatic heterocycles. The SMILES string of the molecule is CC(=O)c1ccc(N(C)c2ccc(F)cc2)nc1. The number of ketones is 1. The van der Waals surface area contributed by atoms with Gasteiger partial charge in [0.1, 0.15) is 11.6 Å². The van der Waals surface area contributed by atoms with Crippen molar-refractivity contribution >= 4 is 17.3 Å². The Morgan fingerprint density at radius 1 is 1.17 bits per heavy atom. The number of aromatic nitrogens is 1. The lowest BCUT2D eigenvalue weighted by molar-refractivity contribution is 0.101. The predicted molar refractivity (Wildman–Crippen MR) is 68.7 cm³/mol. The van der Waals surface area contributed by atoms with E-state index in [2.05, 4.69) is 4.98 Å². The predicted octanol–water partition coefficient (Wildman–Crippen LogP) is 3.19. The van der Waals surface area contributed by atoms with Gasteiger partial charge in [0, 0.05) is 24.5 Å². The summed E-state index contributed by atoms with van der Waals surface area (Å²) in [6, 6.07) is 9.64. The van der Waals surface area contributed by atoms with Crippen LogP contribution in [0.1, 0.15) is 17.3 Å². The molecule has 0 aliphatic rings. The van der Waals surface area contributed by atoms with Crippen LogP contribution in [0.4, 0.5) is 15.9 Å². The summed E-state index contributed by atoms with van der Waals surface area (Å²) < 4.78 is 12.8. The minimum Gasteiger partial charge on any atom is -0.329 e. The largest absolute Gasteiger partial charge is 0.329 e. The molecule has 0 saturated carbocycles. The Hall–Kier alpha value is -2.23. The van der Waals surface area contributed by atoms with Gasteiger partial charge < -0.3 is 4.90 Å². The molecule has 4 heteroatoms. The third-order valence-electron chi connectivity index (χ3n) is 2.71. The van der Waals surface area contributed by atoms with Crippen molar-refractivity contribution in [1.29, 1.82) is 0 Å². The zero-order valence-corrected chi connectivity index (χ0v) is 10.2. The fraction of sp³-hybridized carbons (Fsp3) is 0.143. The van der Waals surface area contributed by atoms with Gasteiger partial charge in [0.2, 0.25) is 0 Å². The number of hydrogen-bond donors (Lipinski definition) is 0. The third-order valence-corrected chi connectivity index (χ3v) is 2.71. The summed E-state index contributed by atoms with van der Waals surface area (Å²) in [5.41, 5.74) is 1.41. The second-order valence-electron chi connectivity index (χ2n) is 4.00. The lowest BCUT2D eigenvalue weighted by Gasteiger charge is -2.18. The van der Waals surface area contributed by atoms with Crippen molar-refractivity contribution in [3.05, 3.63) is 54.0 Å². The molecule has 0 spiro atoms. The Kier molecular flexibility index (Phi) is 3.37. The van der Waals surface area contributed by atoms with Crippen LogP contribution in [0.5, 0.6) is 0 Å². The van der Waals surface area contributed by atoms with Gasteiger partial charge in [0.15, 0.2) is 5.78 Å². The molecule has 0 fully saturated rings. The highest BCUT2D eigenvalue weighted by molar-refractivity contribution is 5.93. The Labute approximate surface area is 105 Å². The summed E-state index contributed by atoms with van der Waals surface area (Å²) in [6.07, 6.45) is 1.54. The van der Waals surface area contributed by atoms with E-state index in [-0.39, 0.29) is 11.6 Å². The standard InChI is InChI=1S/C14H13FN2O/c1-10(18)11-3-8-14(16-9-11)17(2)13-6-4-12(15)5-7-13/h3-9H,1-2H3. The Bertz CT molecular complexity index is 549. The molecular formula is C14H13FN2O. The molecule has 0 radical (unpaired) electrons. The molecule has 92 valence electrons. The Balaban J connectivity index is 2.25. The van der Waals surface area contributed by atoms with E-state index in [1.54, 1.807) is 24.3 Å². The maximum absolute atomic E-state index is 12.8. The molecule has 1 heterocycles. The Morgan fingerprint density at radius 3 is 2.33 bits per heavy atom. The number of carbonyl (C=O) groups excluding carboxylic acids is 1. The van der Waals surface area contributed by atoms with E-state index < -0.39 is 0 Å². The van der Waals surface area contributed by atoms with Crippen LogP contribution in [0.3, 0.4) is 0 Å². The van der Waals surface area contributed by atoms with Gasteiger partial charge in [-0.25, -0.2) is 9.37 Å². The van der Waals surface area contributed by atoms with E-state index >= 15 is 0 Å². The number of pyridine rings is 1. The van der Waals surface area contributed by atoms with Gasteiger partial charge in [0.25, 0.3) is 0 Å². The molecule has 0 N–H and O–H groups in total. The first-order valence-corrected chi connectivity index (χ1v) is 5.54. The van der Waals surface area contributed by atoms with Gasteiger partial charge in [-0.15, -0.1) is 0 Å². The summed E-state index contributed by atoms with van der Waals surface area (Å²) in [4.78, 5) is 17.2. The molecule has 0 aliphatic carbocycles. The van der Waals surface area contributed by atoms with E-state index in [9.17, 15) is 9.18 Å². The zero-order valence-electron chi connectivity index (χ0n) is 10.2. The zero-order chi connectivity index (χ0) is 13.1. The van der Waals surface area contributed by atoms with E-state index in [0.717, 1.165) is 5.69 Å². The van der Waals surface area contributed by atoms with Crippen molar-refractivity contribution in [3.8, 4) is 0 Å². The molecule has 2 rings (SSSR count). The van der Waals surface area contributed by atoms with Crippen LogP contribution in [0.2, 0.25) is 0 Å². The maximum Gasteiger partial charge on any atom is 0.161 e. The number of rotatable bonds is 3. The average molecular weight is 244 g/mol. The molecule has 0 aliphatic heterocycles. The number of benzene rings is 1. The molecule has 0 amide bonds. The molecule has 18 heavy (non-hydrogen) atoms. The fourth-order valence-electron chi connectivity index (χ4n) is 1.59. The van der Waals surface area contributed by atoms with Crippen LogP contribution in [0, 0.1) is 5.82 Å². The summed E-state index contributed by atoms with van der Waals surface area (Å²) in [7, 11) is 1.84. The van der Waals surface area contributed by atoms with Crippen molar-refractivity contribution in [3.63, 3.8) is 0 Å². The van der Waals surface area contributed by atoms with E-state index in [4.69, 9.17) is 0 Å². The monoisotopic (exact) mass is 244 g/mol. The summed E-state index contributed by atoms with van der Waals surface area (Å²) in [6.45, 7) is 1.50. The number of nitrogens with zero attached hydrogens (tertiary/aromatic N) is 2.